The standard InChI is InChI=1S/C30H34N4O6S/c1-20(16-23-10-8-9-15-31-23)34-19-22-14-13-21(17-25(22)28(34)36)27(35)32-18-26(29(37)40-30(2,3)4)33-41(38,39)24-11-6-5-7-12-24/h5-15,17,20,26,33H,16,18-19H2,1-4H3,(H,32,35)/t20-,26+/m1/s1. The number of fused-ring (bicyclic) bond motifs is 1. The highest BCUT2D eigenvalue weighted by molar-refractivity contribution is 7.89. The molecule has 10 nitrogen and oxygen atoms in total. The van der Waals surface area contributed by atoms with Gasteiger partial charge in [-0.1, -0.05) is 30.3 Å². The lowest BCUT2D eigenvalue weighted by molar-refractivity contribution is -0.156. The van der Waals surface area contributed by atoms with Crippen LogP contribution in [0.25, 0.3) is 0 Å². The first-order valence-corrected chi connectivity index (χ1v) is 14.7. The summed E-state index contributed by atoms with van der Waals surface area (Å²) in [5, 5.41) is 2.61. The first-order valence-electron chi connectivity index (χ1n) is 13.3. The van der Waals surface area contributed by atoms with Gasteiger partial charge in [-0.25, -0.2) is 8.42 Å². The van der Waals surface area contributed by atoms with Gasteiger partial charge in [0.2, 0.25) is 10.0 Å². The molecule has 2 amide bonds. The number of hydrogen-bond donors (Lipinski definition) is 2. The molecule has 0 fully saturated rings. The Kier molecular flexibility index (Phi) is 8.89. The molecule has 0 saturated carbocycles. The second kappa shape index (κ2) is 12.2. The molecular formula is C30H34N4O6S. The van der Waals surface area contributed by atoms with Crippen LogP contribution in [0, 0.1) is 0 Å². The smallest absolute Gasteiger partial charge is 0.326 e. The van der Waals surface area contributed by atoms with Crippen LogP contribution in [0.15, 0.2) is 77.8 Å². The van der Waals surface area contributed by atoms with Crippen LogP contribution >= 0.6 is 0 Å². The number of nitrogens with one attached hydrogen (secondary N) is 2. The summed E-state index contributed by atoms with van der Waals surface area (Å²) < 4.78 is 33.6. The zero-order valence-electron chi connectivity index (χ0n) is 23.5. The van der Waals surface area contributed by atoms with Crippen LogP contribution in [0.5, 0.6) is 0 Å². The molecule has 3 aromatic rings. The highest BCUT2D eigenvalue weighted by Gasteiger charge is 2.33. The van der Waals surface area contributed by atoms with Crippen molar-refractivity contribution < 1.29 is 27.5 Å². The van der Waals surface area contributed by atoms with E-state index in [1.165, 1.54) is 18.2 Å². The highest BCUT2D eigenvalue weighted by atomic mass is 32.2. The summed E-state index contributed by atoms with van der Waals surface area (Å²) in [6.07, 6.45) is 2.31. The largest absolute Gasteiger partial charge is 0.459 e. The summed E-state index contributed by atoms with van der Waals surface area (Å²) in [5.41, 5.74) is 1.45. The van der Waals surface area contributed by atoms with Crippen molar-refractivity contribution in [1.29, 1.82) is 0 Å². The van der Waals surface area contributed by atoms with Gasteiger partial charge in [0.1, 0.15) is 11.6 Å². The van der Waals surface area contributed by atoms with Crippen LogP contribution in [-0.2, 0) is 32.5 Å². The SMILES string of the molecule is C[C@H](Cc1ccccn1)N1Cc2ccc(C(=O)NC[C@H](NS(=O)(=O)c3ccccc3)C(=O)OC(C)(C)C)cc2C1=O. The van der Waals surface area contributed by atoms with Crippen molar-refractivity contribution >= 4 is 27.8 Å². The molecule has 0 unspecified atom stereocenters. The Balaban J connectivity index is 1.46. The first kappa shape index (κ1) is 29.9. The minimum absolute atomic E-state index is 0.0288. The summed E-state index contributed by atoms with van der Waals surface area (Å²) in [6, 6.07) is 16.6. The number of carbonyl (C=O) groups is 3. The van der Waals surface area contributed by atoms with Gasteiger partial charge in [0.25, 0.3) is 11.8 Å². The molecule has 2 aromatic carbocycles. The summed E-state index contributed by atoms with van der Waals surface area (Å²) in [7, 11) is -4.08. The predicted octanol–water partition coefficient (Wildman–Crippen LogP) is 3.09. The lowest BCUT2D eigenvalue weighted by atomic mass is 10.1. The number of rotatable bonds is 10. The fraction of sp³-hybridized carbons (Fsp3) is 0.333. The number of sulfonamides is 1. The molecule has 2 atom stereocenters. The number of carbonyl (C=O) groups excluding carboxylic acids is 3. The van der Waals surface area contributed by atoms with E-state index in [-0.39, 0.29) is 29.0 Å². The van der Waals surface area contributed by atoms with E-state index >= 15 is 0 Å². The van der Waals surface area contributed by atoms with Gasteiger partial charge < -0.3 is 15.0 Å². The van der Waals surface area contributed by atoms with Gasteiger partial charge in [-0.05, 0) is 69.7 Å². The van der Waals surface area contributed by atoms with Crippen molar-refractivity contribution in [2.75, 3.05) is 6.54 Å². The van der Waals surface area contributed by atoms with E-state index < -0.39 is 33.5 Å². The van der Waals surface area contributed by atoms with Crippen LogP contribution in [0.3, 0.4) is 0 Å². The van der Waals surface area contributed by atoms with E-state index in [2.05, 4.69) is 15.0 Å². The Morgan fingerprint density at radius 1 is 1.05 bits per heavy atom. The van der Waals surface area contributed by atoms with E-state index in [0.717, 1.165) is 11.3 Å². The molecule has 0 spiro atoms. The topological polar surface area (TPSA) is 135 Å². The summed E-state index contributed by atoms with van der Waals surface area (Å²) in [5.74, 6) is -1.58. The number of hydrogen-bond acceptors (Lipinski definition) is 7. The molecule has 0 bridgehead atoms. The second-order valence-corrected chi connectivity index (χ2v) is 12.6. The Morgan fingerprint density at radius 2 is 1.76 bits per heavy atom. The number of amides is 2. The molecule has 1 aliphatic rings. The van der Waals surface area contributed by atoms with Gasteiger partial charge in [-0.3, -0.25) is 19.4 Å². The van der Waals surface area contributed by atoms with Gasteiger partial charge in [0.05, 0.1) is 4.90 Å². The predicted molar refractivity (Wildman–Crippen MR) is 152 cm³/mol. The quantitative estimate of drug-likeness (QED) is 0.353. The number of esters is 1. The molecule has 41 heavy (non-hydrogen) atoms. The zero-order chi connectivity index (χ0) is 29.8. The Labute approximate surface area is 240 Å². The zero-order valence-corrected chi connectivity index (χ0v) is 24.3. The van der Waals surface area contributed by atoms with Crippen molar-refractivity contribution in [2.24, 2.45) is 0 Å². The van der Waals surface area contributed by atoms with Crippen molar-refractivity contribution in [1.82, 2.24) is 19.9 Å². The second-order valence-electron chi connectivity index (χ2n) is 10.9. The number of ether oxygens (including phenoxy) is 1. The normalized spacial score (nSPS) is 14.7. The van der Waals surface area contributed by atoms with Crippen LogP contribution in [-0.4, -0.2) is 60.3 Å². The lowest BCUT2D eigenvalue weighted by Crippen LogP contribution is -2.50. The number of aromatic nitrogens is 1. The van der Waals surface area contributed by atoms with Crippen molar-refractivity contribution in [3.63, 3.8) is 0 Å². The van der Waals surface area contributed by atoms with Gasteiger partial charge in [-0.15, -0.1) is 0 Å². The molecule has 2 heterocycles. The van der Waals surface area contributed by atoms with Crippen LogP contribution < -0.4 is 10.0 Å². The number of nitrogens with zero attached hydrogens (tertiary/aromatic N) is 2. The lowest BCUT2D eigenvalue weighted by Gasteiger charge is -2.24. The van der Waals surface area contributed by atoms with E-state index in [9.17, 15) is 22.8 Å². The van der Waals surface area contributed by atoms with Gasteiger partial charge in [-0.2, -0.15) is 4.72 Å². The van der Waals surface area contributed by atoms with E-state index in [1.807, 2.05) is 25.1 Å². The fourth-order valence-corrected chi connectivity index (χ4v) is 5.66. The molecule has 2 N–H and O–H groups in total. The monoisotopic (exact) mass is 578 g/mol. The molecule has 216 valence electrons. The molecular weight excluding hydrogens is 544 g/mol. The number of benzene rings is 2. The molecule has 0 radical (unpaired) electrons. The van der Waals surface area contributed by atoms with Gasteiger partial charge >= 0.3 is 5.97 Å². The Bertz CT molecular complexity index is 1520. The minimum Gasteiger partial charge on any atom is -0.459 e. The van der Waals surface area contributed by atoms with Crippen LogP contribution in [0.2, 0.25) is 0 Å². The third kappa shape index (κ3) is 7.56. The Morgan fingerprint density at radius 3 is 2.41 bits per heavy atom. The number of pyridine rings is 1. The van der Waals surface area contributed by atoms with Gasteiger partial charge in [0.15, 0.2) is 0 Å². The van der Waals surface area contributed by atoms with Crippen LogP contribution in [0.4, 0.5) is 0 Å². The van der Waals surface area contributed by atoms with E-state index in [0.29, 0.717) is 18.5 Å². The van der Waals surface area contributed by atoms with Crippen molar-refractivity contribution in [2.45, 2.75) is 63.2 Å². The van der Waals surface area contributed by atoms with E-state index in [4.69, 9.17) is 4.74 Å². The van der Waals surface area contributed by atoms with Crippen LogP contribution in [0.1, 0.15) is 59.7 Å². The Hall–Kier alpha value is -4.09. The molecule has 0 saturated heterocycles. The summed E-state index contributed by atoms with van der Waals surface area (Å²) in [4.78, 5) is 45.2. The maximum absolute atomic E-state index is 13.2. The fourth-order valence-electron chi connectivity index (χ4n) is 4.45. The van der Waals surface area contributed by atoms with Crippen molar-refractivity contribution in [3.8, 4) is 0 Å². The average Bonchev–Trinajstić information content (AvgIpc) is 3.26. The molecule has 1 aromatic heterocycles. The minimum atomic E-state index is -4.08. The molecule has 0 aliphatic carbocycles. The maximum Gasteiger partial charge on any atom is 0.326 e. The summed E-state index contributed by atoms with van der Waals surface area (Å²) in [6.45, 7) is 7.00. The third-order valence-corrected chi connectivity index (χ3v) is 7.96. The first-order chi connectivity index (χ1) is 19.3. The molecule has 4 rings (SSSR count). The molecule has 11 heteroatoms. The third-order valence-electron chi connectivity index (χ3n) is 6.48. The maximum atomic E-state index is 13.2. The highest BCUT2D eigenvalue weighted by Crippen LogP contribution is 2.27. The van der Waals surface area contributed by atoms with Gasteiger partial charge in [0, 0.05) is 48.6 Å². The molecule has 1 aliphatic heterocycles. The summed E-state index contributed by atoms with van der Waals surface area (Å²) >= 11 is 0. The van der Waals surface area contributed by atoms with E-state index in [1.54, 1.807) is 62.2 Å². The average molecular weight is 579 g/mol. The van der Waals surface area contributed by atoms with Crippen molar-refractivity contribution in [3.05, 3.63) is 95.3 Å².